The molecule has 0 unspecified atom stereocenters. The van der Waals surface area contributed by atoms with Crippen molar-refractivity contribution in [1.29, 1.82) is 0 Å². The van der Waals surface area contributed by atoms with Crippen LogP contribution in [0.15, 0.2) is 12.1 Å². The van der Waals surface area contributed by atoms with E-state index in [2.05, 4.69) is 10.3 Å². The molecule has 2 rings (SSSR count). The van der Waals surface area contributed by atoms with E-state index in [4.69, 9.17) is 10.5 Å². The number of hydrogen-bond donors (Lipinski definition) is 2. The standard InChI is InChI=1S/C11H16N4O3/c1-2-18-9-3-7(4-9)13-11-6-8(15(16)17)5-10(12)14-11/h5-7,9H,2-4H2,1H3,(H3,12,13,14). The zero-order valence-electron chi connectivity index (χ0n) is 10.1. The number of rotatable bonds is 5. The van der Waals surface area contributed by atoms with E-state index in [0.29, 0.717) is 12.4 Å². The average Bonchev–Trinajstić information content (AvgIpc) is 2.25. The normalized spacial score (nSPS) is 22.3. The van der Waals surface area contributed by atoms with Crippen LogP contribution in [-0.4, -0.2) is 28.7 Å². The van der Waals surface area contributed by atoms with E-state index in [1.165, 1.54) is 12.1 Å². The number of nitrogens with two attached hydrogens (primary N) is 1. The van der Waals surface area contributed by atoms with E-state index in [1.54, 1.807) is 0 Å². The van der Waals surface area contributed by atoms with Gasteiger partial charge in [0.25, 0.3) is 5.69 Å². The van der Waals surface area contributed by atoms with Crippen molar-refractivity contribution >= 4 is 17.3 Å². The van der Waals surface area contributed by atoms with E-state index in [9.17, 15) is 10.1 Å². The molecule has 1 aliphatic carbocycles. The Morgan fingerprint density at radius 2 is 2.33 bits per heavy atom. The SMILES string of the molecule is CCOC1CC(Nc2cc([N+](=O)[O-])cc(N)n2)C1. The van der Waals surface area contributed by atoms with Crippen LogP contribution in [-0.2, 0) is 4.74 Å². The van der Waals surface area contributed by atoms with Gasteiger partial charge in [0.1, 0.15) is 11.6 Å². The smallest absolute Gasteiger partial charge is 0.276 e. The van der Waals surface area contributed by atoms with Crippen LogP contribution < -0.4 is 11.1 Å². The van der Waals surface area contributed by atoms with Crippen LogP contribution in [0.4, 0.5) is 17.3 Å². The number of nitrogens with one attached hydrogen (secondary N) is 1. The van der Waals surface area contributed by atoms with E-state index < -0.39 is 4.92 Å². The highest BCUT2D eigenvalue weighted by atomic mass is 16.6. The van der Waals surface area contributed by atoms with Gasteiger partial charge in [-0.2, -0.15) is 0 Å². The molecule has 7 nitrogen and oxygen atoms in total. The zero-order valence-corrected chi connectivity index (χ0v) is 10.1. The van der Waals surface area contributed by atoms with Gasteiger partial charge >= 0.3 is 0 Å². The minimum Gasteiger partial charge on any atom is -0.383 e. The zero-order chi connectivity index (χ0) is 13.1. The summed E-state index contributed by atoms with van der Waals surface area (Å²) in [7, 11) is 0. The third-order valence-corrected chi connectivity index (χ3v) is 2.89. The van der Waals surface area contributed by atoms with Gasteiger partial charge in [0.2, 0.25) is 0 Å². The summed E-state index contributed by atoms with van der Waals surface area (Å²) < 4.78 is 5.44. The predicted octanol–water partition coefficient (Wildman–Crippen LogP) is 1.55. The summed E-state index contributed by atoms with van der Waals surface area (Å²) in [6, 6.07) is 2.88. The fourth-order valence-corrected chi connectivity index (χ4v) is 1.98. The van der Waals surface area contributed by atoms with Gasteiger partial charge in [-0.1, -0.05) is 0 Å². The van der Waals surface area contributed by atoms with Crippen molar-refractivity contribution in [3.05, 3.63) is 22.2 Å². The Labute approximate surface area is 104 Å². The van der Waals surface area contributed by atoms with Gasteiger partial charge in [-0.25, -0.2) is 4.98 Å². The maximum atomic E-state index is 10.7. The molecule has 3 N–H and O–H groups in total. The summed E-state index contributed by atoms with van der Waals surface area (Å²) in [5.74, 6) is 0.592. The average molecular weight is 252 g/mol. The lowest BCUT2D eigenvalue weighted by molar-refractivity contribution is -0.384. The molecule has 0 radical (unpaired) electrons. The molecule has 1 heterocycles. The summed E-state index contributed by atoms with van der Waals surface area (Å²) >= 11 is 0. The van der Waals surface area contributed by atoms with Crippen molar-refractivity contribution in [3.8, 4) is 0 Å². The van der Waals surface area contributed by atoms with Gasteiger partial charge in [-0.3, -0.25) is 10.1 Å². The molecule has 0 saturated heterocycles. The van der Waals surface area contributed by atoms with Gasteiger partial charge < -0.3 is 15.8 Å². The van der Waals surface area contributed by atoms with Crippen molar-refractivity contribution in [2.75, 3.05) is 17.7 Å². The second-order valence-electron chi connectivity index (χ2n) is 4.28. The second kappa shape index (κ2) is 5.18. The first-order chi connectivity index (χ1) is 8.58. The van der Waals surface area contributed by atoms with Gasteiger partial charge in [0.15, 0.2) is 0 Å². The van der Waals surface area contributed by atoms with Crippen molar-refractivity contribution in [2.45, 2.75) is 31.9 Å². The third-order valence-electron chi connectivity index (χ3n) is 2.89. The molecular weight excluding hydrogens is 236 g/mol. The van der Waals surface area contributed by atoms with Crippen LogP contribution in [0.2, 0.25) is 0 Å². The van der Waals surface area contributed by atoms with Crippen LogP contribution in [0.25, 0.3) is 0 Å². The Kier molecular flexibility index (Phi) is 3.61. The lowest BCUT2D eigenvalue weighted by Crippen LogP contribution is -2.41. The molecule has 18 heavy (non-hydrogen) atoms. The van der Waals surface area contributed by atoms with Crippen molar-refractivity contribution < 1.29 is 9.66 Å². The second-order valence-corrected chi connectivity index (χ2v) is 4.28. The summed E-state index contributed by atoms with van der Waals surface area (Å²) in [6.45, 7) is 2.67. The Balaban J connectivity index is 1.96. The van der Waals surface area contributed by atoms with E-state index >= 15 is 0 Å². The lowest BCUT2D eigenvalue weighted by atomic mass is 9.89. The fourth-order valence-electron chi connectivity index (χ4n) is 1.98. The largest absolute Gasteiger partial charge is 0.383 e. The van der Waals surface area contributed by atoms with Crippen LogP contribution in [0.5, 0.6) is 0 Å². The number of pyridine rings is 1. The molecule has 1 fully saturated rings. The lowest BCUT2D eigenvalue weighted by Gasteiger charge is -2.35. The number of ether oxygens (including phenoxy) is 1. The Morgan fingerprint density at radius 3 is 2.94 bits per heavy atom. The molecule has 0 bridgehead atoms. The maximum absolute atomic E-state index is 10.7. The molecule has 1 aliphatic rings. The quantitative estimate of drug-likeness (QED) is 0.608. The first-order valence-corrected chi connectivity index (χ1v) is 5.88. The molecule has 98 valence electrons. The number of hydrogen-bond acceptors (Lipinski definition) is 6. The number of nitrogens with zero attached hydrogens (tertiary/aromatic N) is 2. The van der Waals surface area contributed by atoms with Crippen molar-refractivity contribution in [3.63, 3.8) is 0 Å². The third kappa shape index (κ3) is 2.86. The van der Waals surface area contributed by atoms with Crippen molar-refractivity contribution in [1.82, 2.24) is 4.98 Å². The van der Waals surface area contributed by atoms with E-state index in [-0.39, 0.29) is 23.7 Å². The molecule has 0 amide bonds. The minimum absolute atomic E-state index is 0.0503. The summed E-state index contributed by atoms with van der Waals surface area (Å²) in [5, 5.41) is 13.8. The van der Waals surface area contributed by atoms with Gasteiger partial charge in [0, 0.05) is 12.6 Å². The highest BCUT2D eigenvalue weighted by Crippen LogP contribution is 2.27. The highest BCUT2D eigenvalue weighted by Gasteiger charge is 2.29. The molecule has 0 atom stereocenters. The number of aromatic nitrogens is 1. The number of nitro groups is 1. The van der Waals surface area contributed by atoms with E-state index in [0.717, 1.165) is 12.8 Å². The predicted molar refractivity (Wildman–Crippen MR) is 67.4 cm³/mol. The molecule has 0 aromatic carbocycles. The highest BCUT2D eigenvalue weighted by molar-refractivity contribution is 5.53. The molecule has 7 heteroatoms. The maximum Gasteiger partial charge on any atom is 0.276 e. The van der Waals surface area contributed by atoms with Crippen LogP contribution in [0.3, 0.4) is 0 Å². The van der Waals surface area contributed by atoms with Crippen LogP contribution in [0, 0.1) is 10.1 Å². The molecular formula is C11H16N4O3. The summed E-state index contributed by atoms with van der Waals surface area (Å²) in [5.41, 5.74) is 5.48. The first-order valence-electron chi connectivity index (χ1n) is 5.88. The monoisotopic (exact) mass is 252 g/mol. The molecule has 0 aliphatic heterocycles. The molecule has 0 spiro atoms. The summed E-state index contributed by atoms with van der Waals surface area (Å²) in [6.07, 6.45) is 2.06. The molecule has 1 aromatic rings. The topological polar surface area (TPSA) is 103 Å². The van der Waals surface area contributed by atoms with Gasteiger partial charge in [0.05, 0.1) is 23.2 Å². The van der Waals surface area contributed by atoms with Crippen LogP contribution in [0.1, 0.15) is 19.8 Å². The van der Waals surface area contributed by atoms with Crippen molar-refractivity contribution in [2.24, 2.45) is 0 Å². The number of nitrogen functional groups attached to an aromatic ring is 1. The van der Waals surface area contributed by atoms with E-state index in [1.807, 2.05) is 6.92 Å². The van der Waals surface area contributed by atoms with Gasteiger partial charge in [-0.05, 0) is 19.8 Å². The van der Waals surface area contributed by atoms with Crippen LogP contribution >= 0.6 is 0 Å². The summed E-state index contributed by atoms with van der Waals surface area (Å²) in [4.78, 5) is 14.2. The number of anilines is 2. The first kappa shape index (κ1) is 12.6. The van der Waals surface area contributed by atoms with Gasteiger partial charge in [-0.15, -0.1) is 0 Å². The minimum atomic E-state index is -0.479. The molecule has 1 saturated carbocycles. The Hall–Kier alpha value is -1.89. The Morgan fingerprint density at radius 1 is 1.61 bits per heavy atom. The Bertz CT molecular complexity index is 446. The fraction of sp³-hybridized carbons (Fsp3) is 0.545. The molecule has 1 aromatic heterocycles.